The maximum absolute atomic E-state index is 13.1. The van der Waals surface area contributed by atoms with Crippen LogP contribution in [0, 0.1) is 0 Å². The first-order valence-electron chi connectivity index (χ1n) is 8.97. The van der Waals surface area contributed by atoms with Gasteiger partial charge in [-0.2, -0.15) is 0 Å². The molecule has 9 heteroatoms. The summed E-state index contributed by atoms with van der Waals surface area (Å²) in [6.07, 6.45) is 2.26. The zero-order valence-electron chi connectivity index (χ0n) is 14.8. The fourth-order valence-corrected chi connectivity index (χ4v) is 5.00. The summed E-state index contributed by atoms with van der Waals surface area (Å²) in [5.74, 6) is 0.329. The normalized spacial score (nSPS) is 22.4. The number of hydrogen-bond donors (Lipinski definition) is 2. The van der Waals surface area contributed by atoms with Crippen molar-refractivity contribution in [2.24, 2.45) is 0 Å². The number of thiophene rings is 1. The van der Waals surface area contributed by atoms with Crippen LogP contribution in [-0.4, -0.2) is 36.1 Å². The summed E-state index contributed by atoms with van der Waals surface area (Å²) in [6, 6.07) is 6.38. The second-order valence-electron chi connectivity index (χ2n) is 6.95. The molecule has 144 valence electrons. The van der Waals surface area contributed by atoms with E-state index < -0.39 is 17.5 Å². The quantitative estimate of drug-likeness (QED) is 0.772. The molecule has 1 fully saturated rings. The Morgan fingerprint density at radius 1 is 1.25 bits per heavy atom. The average molecular weight is 399 g/mol. The number of nitrogens with one attached hydrogen (secondary N) is 2. The second-order valence-corrected chi connectivity index (χ2v) is 7.95. The van der Waals surface area contributed by atoms with Crippen LogP contribution in [0.15, 0.2) is 29.6 Å². The van der Waals surface area contributed by atoms with Crippen molar-refractivity contribution in [3.05, 3.63) is 40.1 Å². The molecule has 1 spiro atoms. The summed E-state index contributed by atoms with van der Waals surface area (Å²) in [5, 5.41) is 7.48. The van der Waals surface area contributed by atoms with Gasteiger partial charge in [-0.1, -0.05) is 0 Å². The van der Waals surface area contributed by atoms with Crippen molar-refractivity contribution < 1.29 is 23.9 Å². The van der Waals surface area contributed by atoms with E-state index in [0.717, 1.165) is 28.2 Å². The average Bonchev–Trinajstić information content (AvgIpc) is 3.38. The Hall–Kier alpha value is -3.07. The van der Waals surface area contributed by atoms with Crippen LogP contribution in [0.25, 0.3) is 0 Å². The number of amides is 4. The van der Waals surface area contributed by atoms with Gasteiger partial charge in [0.2, 0.25) is 12.7 Å². The summed E-state index contributed by atoms with van der Waals surface area (Å²) in [5.41, 5.74) is 0.332. The van der Waals surface area contributed by atoms with E-state index in [0.29, 0.717) is 23.6 Å². The number of benzene rings is 1. The third-order valence-corrected chi connectivity index (χ3v) is 6.28. The fourth-order valence-electron chi connectivity index (χ4n) is 4.00. The number of fused-ring (bicyclic) bond motifs is 3. The van der Waals surface area contributed by atoms with Crippen LogP contribution in [-0.2, 0) is 21.5 Å². The second kappa shape index (κ2) is 6.23. The number of carbonyl (C=O) groups excluding carboxylic acids is 3. The minimum Gasteiger partial charge on any atom is -0.454 e. The first-order valence-corrected chi connectivity index (χ1v) is 9.85. The van der Waals surface area contributed by atoms with Crippen molar-refractivity contribution in [2.45, 2.75) is 24.8 Å². The Labute approximate surface area is 164 Å². The summed E-state index contributed by atoms with van der Waals surface area (Å²) in [7, 11) is 0. The molecule has 3 heterocycles. The highest BCUT2D eigenvalue weighted by Crippen LogP contribution is 2.42. The highest BCUT2D eigenvalue weighted by atomic mass is 32.1. The van der Waals surface area contributed by atoms with Crippen molar-refractivity contribution >= 4 is 34.9 Å². The molecule has 2 aliphatic heterocycles. The van der Waals surface area contributed by atoms with Crippen LogP contribution in [0.2, 0.25) is 0 Å². The van der Waals surface area contributed by atoms with Gasteiger partial charge in [0.25, 0.3) is 5.91 Å². The molecular formula is C19H17N3O5S. The molecule has 1 aliphatic carbocycles. The molecule has 2 aromatic rings. The van der Waals surface area contributed by atoms with E-state index in [1.165, 1.54) is 0 Å². The largest absolute Gasteiger partial charge is 0.454 e. The van der Waals surface area contributed by atoms with Crippen LogP contribution < -0.4 is 20.1 Å². The van der Waals surface area contributed by atoms with Gasteiger partial charge in [0.05, 0.1) is 0 Å². The van der Waals surface area contributed by atoms with Gasteiger partial charge in [0.15, 0.2) is 11.5 Å². The molecular weight excluding hydrogens is 382 g/mol. The smallest absolute Gasteiger partial charge is 0.325 e. The molecule has 5 rings (SSSR count). The van der Waals surface area contributed by atoms with Crippen molar-refractivity contribution in [3.8, 4) is 11.5 Å². The number of imide groups is 1. The monoisotopic (exact) mass is 399 g/mol. The number of rotatable bonds is 3. The van der Waals surface area contributed by atoms with Crippen molar-refractivity contribution in [1.82, 2.24) is 10.2 Å². The van der Waals surface area contributed by atoms with Gasteiger partial charge >= 0.3 is 6.03 Å². The molecule has 0 bridgehead atoms. The maximum Gasteiger partial charge on any atom is 0.325 e. The molecule has 28 heavy (non-hydrogen) atoms. The number of aryl methyl sites for hydroxylation is 1. The van der Waals surface area contributed by atoms with Crippen LogP contribution in [0.5, 0.6) is 11.5 Å². The zero-order valence-corrected chi connectivity index (χ0v) is 15.6. The lowest BCUT2D eigenvalue weighted by Crippen LogP contribution is -2.46. The molecule has 0 radical (unpaired) electrons. The number of carbonyl (C=O) groups is 3. The molecule has 8 nitrogen and oxygen atoms in total. The summed E-state index contributed by atoms with van der Waals surface area (Å²) < 4.78 is 10.5. The molecule has 0 unspecified atom stereocenters. The van der Waals surface area contributed by atoms with Gasteiger partial charge in [-0.3, -0.25) is 14.5 Å². The SMILES string of the molecule is O=C(CN1C(=O)N[C@]2(CCCc3sccc32)C1=O)Nc1ccc2c(c1)OCO2. The molecule has 2 N–H and O–H groups in total. The number of ether oxygens (including phenoxy) is 2. The highest BCUT2D eigenvalue weighted by molar-refractivity contribution is 7.10. The van der Waals surface area contributed by atoms with Crippen LogP contribution in [0.4, 0.5) is 10.5 Å². The Morgan fingerprint density at radius 2 is 2.11 bits per heavy atom. The molecule has 1 aromatic heterocycles. The van der Waals surface area contributed by atoms with E-state index in [2.05, 4.69) is 10.6 Å². The van der Waals surface area contributed by atoms with E-state index in [9.17, 15) is 14.4 Å². The van der Waals surface area contributed by atoms with E-state index in [1.807, 2.05) is 11.4 Å². The van der Waals surface area contributed by atoms with E-state index in [-0.39, 0.29) is 19.2 Å². The zero-order chi connectivity index (χ0) is 19.3. The van der Waals surface area contributed by atoms with Gasteiger partial charge in [-0.25, -0.2) is 4.79 Å². The van der Waals surface area contributed by atoms with Gasteiger partial charge in [0, 0.05) is 22.2 Å². The summed E-state index contributed by atoms with van der Waals surface area (Å²) in [4.78, 5) is 40.2. The third kappa shape index (κ3) is 2.54. The lowest BCUT2D eigenvalue weighted by atomic mass is 9.80. The first-order chi connectivity index (χ1) is 13.6. The minimum absolute atomic E-state index is 0.141. The molecule has 0 saturated carbocycles. The van der Waals surface area contributed by atoms with Gasteiger partial charge in [-0.15, -0.1) is 11.3 Å². The van der Waals surface area contributed by atoms with Gasteiger partial charge in [0.1, 0.15) is 12.1 Å². The van der Waals surface area contributed by atoms with Crippen LogP contribution in [0.3, 0.4) is 0 Å². The lowest BCUT2D eigenvalue weighted by Gasteiger charge is -2.31. The standard InChI is InChI=1S/C19H17N3O5S/c23-16(20-11-3-4-13-14(8-11)27-10-26-13)9-22-17(24)19(21-18(22)25)6-1-2-15-12(19)5-7-28-15/h3-5,7-8H,1-2,6,9-10H2,(H,20,23)(H,21,25)/t19-/m0/s1. The van der Waals surface area contributed by atoms with Crippen LogP contribution in [0.1, 0.15) is 23.3 Å². The van der Waals surface area contributed by atoms with Crippen molar-refractivity contribution in [2.75, 3.05) is 18.7 Å². The Balaban J connectivity index is 1.33. The summed E-state index contributed by atoms with van der Waals surface area (Å²) >= 11 is 1.59. The highest BCUT2D eigenvalue weighted by Gasteiger charge is 2.54. The van der Waals surface area contributed by atoms with Gasteiger partial charge < -0.3 is 20.1 Å². The molecule has 1 atom stereocenters. The molecule has 1 saturated heterocycles. The van der Waals surface area contributed by atoms with E-state index >= 15 is 0 Å². The van der Waals surface area contributed by atoms with Crippen molar-refractivity contribution in [1.29, 1.82) is 0 Å². The number of nitrogens with zero attached hydrogens (tertiary/aromatic N) is 1. The number of anilines is 1. The summed E-state index contributed by atoms with van der Waals surface area (Å²) in [6.45, 7) is -0.206. The molecule has 1 aromatic carbocycles. The van der Waals surface area contributed by atoms with Crippen molar-refractivity contribution in [3.63, 3.8) is 0 Å². The predicted octanol–water partition coefficient (Wildman–Crippen LogP) is 2.20. The van der Waals surface area contributed by atoms with Gasteiger partial charge in [-0.05, 0) is 42.8 Å². The Morgan fingerprint density at radius 3 is 3.00 bits per heavy atom. The molecule has 4 amide bonds. The number of urea groups is 1. The van der Waals surface area contributed by atoms with E-state index in [4.69, 9.17) is 9.47 Å². The Kier molecular flexibility index (Phi) is 3.80. The first kappa shape index (κ1) is 17.1. The maximum atomic E-state index is 13.1. The predicted molar refractivity (Wildman–Crippen MR) is 100 cm³/mol. The topological polar surface area (TPSA) is 97.0 Å². The molecule has 3 aliphatic rings. The Bertz CT molecular complexity index is 1000. The minimum atomic E-state index is -1.04. The fraction of sp³-hybridized carbons (Fsp3) is 0.316. The lowest BCUT2D eigenvalue weighted by molar-refractivity contribution is -0.134. The van der Waals surface area contributed by atoms with Crippen LogP contribution >= 0.6 is 11.3 Å². The third-order valence-electron chi connectivity index (χ3n) is 5.29. The van der Waals surface area contributed by atoms with E-state index in [1.54, 1.807) is 29.5 Å². The number of hydrogen-bond acceptors (Lipinski definition) is 6.